The molecule has 0 radical (unpaired) electrons. The first-order valence-electron chi connectivity index (χ1n) is 10.0. The van der Waals surface area contributed by atoms with Crippen LogP contribution in [0, 0.1) is 20.8 Å². The van der Waals surface area contributed by atoms with Gasteiger partial charge >= 0.3 is 0 Å². The van der Waals surface area contributed by atoms with E-state index in [1.807, 2.05) is 0 Å². The number of aryl methyl sites for hydroxylation is 3. The van der Waals surface area contributed by atoms with E-state index >= 15 is 0 Å². The van der Waals surface area contributed by atoms with E-state index in [1.165, 1.54) is 22.3 Å². The van der Waals surface area contributed by atoms with Crippen molar-refractivity contribution >= 4 is 42.2 Å². The quantitative estimate of drug-likeness (QED) is 0.440. The van der Waals surface area contributed by atoms with E-state index in [-0.39, 0.29) is 5.25 Å². The molecule has 3 aromatic rings. The molecule has 30 heavy (non-hydrogen) atoms. The summed E-state index contributed by atoms with van der Waals surface area (Å²) in [4.78, 5) is 7.53. The van der Waals surface area contributed by atoms with Crippen LogP contribution in [0.15, 0.2) is 51.1 Å². The topological polar surface area (TPSA) is 50.3 Å². The lowest BCUT2D eigenvalue weighted by molar-refractivity contribution is 0.529. The average molecular weight is 506 g/mol. The van der Waals surface area contributed by atoms with Gasteiger partial charge in [0, 0.05) is 28.5 Å². The molecular formula is C23H25BrN2O2S2. The molecule has 0 spiro atoms. The van der Waals surface area contributed by atoms with Crippen molar-refractivity contribution in [3.8, 4) is 11.3 Å². The molecule has 4 rings (SSSR count). The predicted molar refractivity (Wildman–Crippen MR) is 128 cm³/mol. The van der Waals surface area contributed by atoms with Gasteiger partial charge in [-0.3, -0.25) is 0 Å². The summed E-state index contributed by atoms with van der Waals surface area (Å²) in [7, 11) is -3.30. The molecule has 0 amide bonds. The Labute approximate surface area is 191 Å². The third kappa shape index (κ3) is 4.20. The summed E-state index contributed by atoms with van der Waals surface area (Å²) in [5.41, 5.74) is 5.95. The van der Waals surface area contributed by atoms with Crippen LogP contribution >= 0.6 is 27.3 Å². The van der Waals surface area contributed by atoms with Crippen molar-refractivity contribution in [3.05, 3.63) is 62.9 Å². The molecule has 1 fully saturated rings. The monoisotopic (exact) mass is 504 g/mol. The minimum Gasteiger partial charge on any atom is -0.348 e. The van der Waals surface area contributed by atoms with E-state index in [1.54, 1.807) is 35.6 Å². The molecule has 2 heterocycles. The average Bonchev–Trinajstić information content (AvgIpc) is 3.17. The molecule has 0 N–H and O–H groups in total. The Balaban J connectivity index is 1.49. The van der Waals surface area contributed by atoms with Crippen LogP contribution in [0.5, 0.6) is 0 Å². The summed E-state index contributed by atoms with van der Waals surface area (Å²) in [6.07, 6.45) is 1.24. The number of hydrogen-bond donors (Lipinski definition) is 0. The Morgan fingerprint density at radius 1 is 1.03 bits per heavy atom. The van der Waals surface area contributed by atoms with Gasteiger partial charge in [-0.15, -0.1) is 11.3 Å². The number of anilines is 1. The minimum absolute atomic E-state index is 0.337. The number of benzene rings is 2. The molecule has 1 aromatic heterocycles. The summed E-state index contributed by atoms with van der Waals surface area (Å²) in [6, 6.07) is 11.3. The molecule has 0 atom stereocenters. The maximum atomic E-state index is 13.0. The van der Waals surface area contributed by atoms with E-state index in [2.05, 4.69) is 59.1 Å². The number of halogens is 1. The van der Waals surface area contributed by atoms with Crippen LogP contribution in [0.1, 0.15) is 29.5 Å². The van der Waals surface area contributed by atoms with Crippen molar-refractivity contribution in [1.82, 2.24) is 4.98 Å². The number of piperidine rings is 1. The highest BCUT2D eigenvalue weighted by molar-refractivity contribution is 9.10. The van der Waals surface area contributed by atoms with Crippen LogP contribution in [-0.2, 0) is 9.84 Å². The summed E-state index contributed by atoms with van der Waals surface area (Å²) in [5.74, 6) is 0. The Kier molecular flexibility index (Phi) is 6.06. The Bertz CT molecular complexity index is 1140. The SMILES string of the molecule is Cc1cc(C)c(-c2csc(N3CCC(S(=O)(=O)c4ccc(Br)cc4)CC3)n2)c(C)c1. The van der Waals surface area contributed by atoms with Gasteiger partial charge in [-0.05, 0) is 69.0 Å². The molecule has 0 saturated carbocycles. The van der Waals surface area contributed by atoms with Crippen LogP contribution in [0.4, 0.5) is 5.13 Å². The molecule has 2 aromatic carbocycles. The first kappa shape index (κ1) is 21.5. The first-order chi connectivity index (χ1) is 14.3. The zero-order valence-electron chi connectivity index (χ0n) is 17.4. The fourth-order valence-electron chi connectivity index (χ4n) is 4.28. The highest BCUT2D eigenvalue weighted by Gasteiger charge is 2.32. The molecule has 1 aliphatic heterocycles. The van der Waals surface area contributed by atoms with Gasteiger partial charge in [-0.25, -0.2) is 13.4 Å². The van der Waals surface area contributed by atoms with E-state index < -0.39 is 9.84 Å². The van der Waals surface area contributed by atoms with Crippen molar-refractivity contribution in [2.75, 3.05) is 18.0 Å². The molecule has 0 aliphatic carbocycles. The predicted octanol–water partition coefficient (Wildman–Crippen LogP) is 5.94. The lowest BCUT2D eigenvalue weighted by Gasteiger charge is -2.31. The standard InChI is InChI=1S/C23H25BrN2O2S2/c1-15-12-16(2)22(17(3)13-15)21-14-29-23(25-21)26-10-8-20(9-11-26)30(27,28)19-6-4-18(24)5-7-19/h4-7,12-14,20H,8-11H2,1-3H3. The zero-order chi connectivity index (χ0) is 21.5. The van der Waals surface area contributed by atoms with Gasteiger partial charge < -0.3 is 4.90 Å². The van der Waals surface area contributed by atoms with Gasteiger partial charge in [0.25, 0.3) is 0 Å². The number of aromatic nitrogens is 1. The maximum absolute atomic E-state index is 13.0. The summed E-state index contributed by atoms with van der Waals surface area (Å²) in [6.45, 7) is 7.79. The number of thiazole rings is 1. The Hall–Kier alpha value is -1.70. The molecule has 7 heteroatoms. The van der Waals surface area contributed by atoms with Crippen molar-refractivity contribution in [3.63, 3.8) is 0 Å². The summed E-state index contributed by atoms with van der Waals surface area (Å²) >= 11 is 5.01. The summed E-state index contributed by atoms with van der Waals surface area (Å²) in [5, 5.41) is 2.75. The number of rotatable bonds is 4. The van der Waals surface area contributed by atoms with Crippen molar-refractivity contribution in [2.24, 2.45) is 0 Å². The van der Waals surface area contributed by atoms with E-state index in [4.69, 9.17) is 4.98 Å². The molecule has 0 unspecified atom stereocenters. The lowest BCUT2D eigenvalue weighted by Crippen LogP contribution is -2.39. The highest BCUT2D eigenvalue weighted by atomic mass is 79.9. The molecule has 1 aliphatic rings. The summed E-state index contributed by atoms with van der Waals surface area (Å²) < 4.78 is 26.9. The zero-order valence-corrected chi connectivity index (χ0v) is 20.6. The van der Waals surface area contributed by atoms with E-state index in [0.717, 1.165) is 15.3 Å². The molecule has 158 valence electrons. The Morgan fingerprint density at radius 3 is 2.23 bits per heavy atom. The van der Waals surface area contributed by atoms with Crippen LogP contribution in [0.2, 0.25) is 0 Å². The third-order valence-electron chi connectivity index (χ3n) is 5.72. The van der Waals surface area contributed by atoms with Crippen LogP contribution in [-0.4, -0.2) is 31.7 Å². The van der Waals surface area contributed by atoms with E-state index in [9.17, 15) is 8.42 Å². The molecule has 1 saturated heterocycles. The first-order valence-corrected chi connectivity index (χ1v) is 13.3. The van der Waals surface area contributed by atoms with E-state index in [0.29, 0.717) is 30.8 Å². The van der Waals surface area contributed by atoms with Crippen molar-refractivity contribution in [2.45, 2.75) is 43.8 Å². The van der Waals surface area contributed by atoms with Gasteiger partial charge in [0.1, 0.15) is 0 Å². The second kappa shape index (κ2) is 8.44. The van der Waals surface area contributed by atoms with Gasteiger partial charge in [-0.2, -0.15) is 0 Å². The smallest absolute Gasteiger partial charge is 0.185 e. The molecule has 4 nitrogen and oxygen atoms in total. The maximum Gasteiger partial charge on any atom is 0.185 e. The Morgan fingerprint density at radius 2 is 1.63 bits per heavy atom. The lowest BCUT2D eigenvalue weighted by atomic mass is 9.98. The van der Waals surface area contributed by atoms with Gasteiger partial charge in [0.2, 0.25) is 0 Å². The van der Waals surface area contributed by atoms with Gasteiger partial charge in [-0.1, -0.05) is 33.6 Å². The fraction of sp³-hybridized carbons (Fsp3) is 0.348. The second-order valence-electron chi connectivity index (χ2n) is 7.97. The van der Waals surface area contributed by atoms with Gasteiger partial charge in [0.15, 0.2) is 15.0 Å². The minimum atomic E-state index is -3.30. The van der Waals surface area contributed by atoms with Crippen LogP contribution in [0.25, 0.3) is 11.3 Å². The fourth-order valence-corrected chi connectivity index (χ4v) is 7.15. The third-order valence-corrected chi connectivity index (χ3v) is 9.43. The second-order valence-corrected chi connectivity index (χ2v) is 12.0. The molecule has 0 bridgehead atoms. The number of sulfone groups is 1. The largest absolute Gasteiger partial charge is 0.348 e. The van der Waals surface area contributed by atoms with Crippen LogP contribution in [0.3, 0.4) is 0 Å². The normalized spacial score (nSPS) is 15.5. The van der Waals surface area contributed by atoms with Gasteiger partial charge in [0.05, 0.1) is 15.8 Å². The number of nitrogens with zero attached hydrogens (tertiary/aromatic N) is 2. The number of hydrogen-bond acceptors (Lipinski definition) is 5. The van der Waals surface area contributed by atoms with Crippen molar-refractivity contribution in [1.29, 1.82) is 0 Å². The van der Waals surface area contributed by atoms with Crippen LogP contribution < -0.4 is 4.90 Å². The van der Waals surface area contributed by atoms with Crippen molar-refractivity contribution < 1.29 is 8.42 Å². The molecular weight excluding hydrogens is 480 g/mol. The highest BCUT2D eigenvalue weighted by Crippen LogP contribution is 2.34.